The minimum atomic E-state index is -0.211. The van der Waals surface area contributed by atoms with Crippen LogP contribution in [0.25, 0.3) is 22.8 Å². The van der Waals surface area contributed by atoms with Crippen molar-refractivity contribution in [3.05, 3.63) is 90.0 Å². The number of carbonyl (C=O) groups excluding carboxylic acids is 1. The zero-order valence-electron chi connectivity index (χ0n) is 17.4. The molecule has 1 atom stereocenters. The van der Waals surface area contributed by atoms with Crippen molar-refractivity contribution in [1.29, 1.82) is 0 Å². The van der Waals surface area contributed by atoms with Crippen molar-refractivity contribution in [2.75, 3.05) is 6.61 Å². The van der Waals surface area contributed by atoms with Crippen molar-refractivity contribution in [3.8, 4) is 28.6 Å². The number of aryl methyl sites for hydroxylation is 1. The highest BCUT2D eigenvalue weighted by Crippen LogP contribution is 2.30. The van der Waals surface area contributed by atoms with Gasteiger partial charge >= 0.3 is 0 Å². The minimum absolute atomic E-state index is 0.111. The molecular formula is C25H23N3O3. The Morgan fingerprint density at radius 2 is 1.81 bits per heavy atom. The van der Waals surface area contributed by atoms with Crippen LogP contribution in [0.3, 0.4) is 0 Å². The molecule has 0 aliphatic heterocycles. The van der Waals surface area contributed by atoms with Crippen molar-refractivity contribution in [2.24, 2.45) is 0 Å². The molecular weight excluding hydrogens is 390 g/mol. The number of nitrogens with one attached hydrogen (secondary N) is 1. The molecule has 1 amide bonds. The molecule has 156 valence electrons. The van der Waals surface area contributed by atoms with Gasteiger partial charge in [0.15, 0.2) is 6.61 Å². The van der Waals surface area contributed by atoms with E-state index in [1.807, 2.05) is 86.6 Å². The summed E-state index contributed by atoms with van der Waals surface area (Å²) in [7, 11) is 0. The van der Waals surface area contributed by atoms with E-state index >= 15 is 0 Å². The summed E-state index contributed by atoms with van der Waals surface area (Å²) in [5.74, 6) is 1.13. The molecule has 31 heavy (non-hydrogen) atoms. The lowest BCUT2D eigenvalue weighted by molar-refractivity contribution is -0.123. The van der Waals surface area contributed by atoms with E-state index in [-0.39, 0.29) is 18.6 Å². The number of amides is 1. The Labute approximate surface area is 180 Å². The van der Waals surface area contributed by atoms with Gasteiger partial charge < -0.3 is 14.6 Å². The van der Waals surface area contributed by atoms with E-state index in [4.69, 9.17) is 9.26 Å². The number of hydrogen-bond acceptors (Lipinski definition) is 5. The van der Waals surface area contributed by atoms with Crippen LogP contribution >= 0.6 is 0 Å². The van der Waals surface area contributed by atoms with Crippen LogP contribution < -0.4 is 10.1 Å². The summed E-state index contributed by atoms with van der Waals surface area (Å²) < 4.78 is 11.3. The molecule has 0 saturated heterocycles. The monoisotopic (exact) mass is 413 g/mol. The first-order valence-corrected chi connectivity index (χ1v) is 10.1. The van der Waals surface area contributed by atoms with Crippen LogP contribution in [0.4, 0.5) is 0 Å². The van der Waals surface area contributed by atoms with Crippen molar-refractivity contribution in [1.82, 2.24) is 15.5 Å². The van der Waals surface area contributed by atoms with Crippen LogP contribution in [-0.4, -0.2) is 22.7 Å². The molecule has 1 N–H and O–H groups in total. The lowest BCUT2D eigenvalue weighted by atomic mass is 10.1. The third kappa shape index (κ3) is 4.98. The average Bonchev–Trinajstić information content (AvgIpc) is 3.29. The molecule has 6 nitrogen and oxygen atoms in total. The molecule has 0 radical (unpaired) electrons. The van der Waals surface area contributed by atoms with E-state index in [0.717, 1.165) is 16.7 Å². The van der Waals surface area contributed by atoms with Crippen molar-refractivity contribution in [2.45, 2.75) is 19.9 Å². The van der Waals surface area contributed by atoms with Gasteiger partial charge in [-0.1, -0.05) is 71.4 Å². The van der Waals surface area contributed by atoms with Crippen LogP contribution in [0.1, 0.15) is 24.1 Å². The molecule has 4 rings (SSSR count). The molecule has 0 fully saturated rings. The normalized spacial score (nSPS) is 11.7. The van der Waals surface area contributed by atoms with Crippen LogP contribution in [0.15, 0.2) is 83.4 Å². The quantitative estimate of drug-likeness (QED) is 0.463. The SMILES string of the molecule is Cc1cccc(-c2noc(-c3ccccc3OCC(=O)NC(C)c3ccccc3)n2)c1. The first-order valence-electron chi connectivity index (χ1n) is 10.1. The fraction of sp³-hybridized carbons (Fsp3) is 0.160. The second kappa shape index (κ2) is 9.26. The fourth-order valence-corrected chi connectivity index (χ4v) is 3.25. The molecule has 4 aromatic rings. The first kappa shape index (κ1) is 20.3. The van der Waals surface area contributed by atoms with Gasteiger partial charge in [-0.3, -0.25) is 4.79 Å². The number of para-hydroxylation sites is 1. The molecule has 6 heteroatoms. The second-order valence-electron chi connectivity index (χ2n) is 7.28. The maximum Gasteiger partial charge on any atom is 0.262 e. The summed E-state index contributed by atoms with van der Waals surface area (Å²) in [6, 6.07) is 24.9. The van der Waals surface area contributed by atoms with Gasteiger partial charge in [0, 0.05) is 5.56 Å². The Morgan fingerprint density at radius 3 is 2.61 bits per heavy atom. The maximum atomic E-state index is 12.4. The van der Waals surface area contributed by atoms with Gasteiger partial charge in [-0.15, -0.1) is 0 Å². The molecule has 0 spiro atoms. The number of carbonyl (C=O) groups is 1. The van der Waals surface area contributed by atoms with Gasteiger partial charge in [-0.2, -0.15) is 4.98 Å². The van der Waals surface area contributed by atoms with E-state index in [1.54, 1.807) is 6.07 Å². The lowest BCUT2D eigenvalue weighted by Gasteiger charge is -2.15. The molecule has 0 saturated carbocycles. The Bertz CT molecular complexity index is 1170. The Morgan fingerprint density at radius 1 is 1.03 bits per heavy atom. The summed E-state index contributed by atoms with van der Waals surface area (Å²) in [5.41, 5.74) is 3.66. The highest BCUT2D eigenvalue weighted by Gasteiger charge is 2.16. The molecule has 1 unspecified atom stereocenters. The summed E-state index contributed by atoms with van der Waals surface area (Å²) in [6.45, 7) is 3.83. The van der Waals surface area contributed by atoms with Crippen LogP contribution in [0.5, 0.6) is 5.75 Å². The molecule has 3 aromatic carbocycles. The van der Waals surface area contributed by atoms with Gasteiger partial charge in [0.05, 0.1) is 11.6 Å². The van der Waals surface area contributed by atoms with E-state index in [0.29, 0.717) is 23.0 Å². The predicted octanol–water partition coefficient (Wildman–Crippen LogP) is 4.97. The third-order valence-electron chi connectivity index (χ3n) is 4.86. The number of ether oxygens (including phenoxy) is 1. The first-order chi connectivity index (χ1) is 15.1. The van der Waals surface area contributed by atoms with E-state index in [1.165, 1.54) is 0 Å². The number of aromatic nitrogens is 2. The van der Waals surface area contributed by atoms with Gasteiger partial charge in [0.2, 0.25) is 5.82 Å². The smallest absolute Gasteiger partial charge is 0.262 e. The number of rotatable bonds is 7. The van der Waals surface area contributed by atoms with E-state index in [9.17, 15) is 4.79 Å². The molecule has 0 aliphatic rings. The lowest BCUT2D eigenvalue weighted by Crippen LogP contribution is -2.31. The number of benzene rings is 3. The van der Waals surface area contributed by atoms with Crippen LogP contribution in [0, 0.1) is 6.92 Å². The Kier molecular flexibility index (Phi) is 6.08. The van der Waals surface area contributed by atoms with Crippen molar-refractivity contribution < 1.29 is 14.1 Å². The molecule has 0 aliphatic carbocycles. The standard InChI is InChI=1S/C25H23N3O3/c1-17-9-8-12-20(15-17)24-27-25(31-28-24)21-13-6-7-14-22(21)30-16-23(29)26-18(2)19-10-4-3-5-11-19/h3-15,18H,16H2,1-2H3,(H,26,29). The average molecular weight is 413 g/mol. The summed E-state index contributed by atoms with van der Waals surface area (Å²) >= 11 is 0. The zero-order valence-corrected chi connectivity index (χ0v) is 17.4. The number of hydrogen-bond donors (Lipinski definition) is 1. The highest BCUT2D eigenvalue weighted by molar-refractivity contribution is 5.78. The van der Waals surface area contributed by atoms with E-state index in [2.05, 4.69) is 15.5 Å². The van der Waals surface area contributed by atoms with Crippen LogP contribution in [0.2, 0.25) is 0 Å². The van der Waals surface area contributed by atoms with Gasteiger partial charge in [-0.05, 0) is 37.6 Å². The topological polar surface area (TPSA) is 77.2 Å². The maximum absolute atomic E-state index is 12.4. The minimum Gasteiger partial charge on any atom is -0.483 e. The predicted molar refractivity (Wildman–Crippen MR) is 118 cm³/mol. The Balaban J connectivity index is 1.45. The zero-order chi connectivity index (χ0) is 21.6. The molecule has 0 bridgehead atoms. The summed E-state index contributed by atoms with van der Waals surface area (Å²) in [5, 5.41) is 7.03. The Hall–Kier alpha value is -3.93. The second-order valence-corrected chi connectivity index (χ2v) is 7.28. The van der Waals surface area contributed by atoms with Crippen LogP contribution in [-0.2, 0) is 4.79 Å². The molecule has 1 heterocycles. The van der Waals surface area contributed by atoms with Gasteiger partial charge in [-0.25, -0.2) is 0 Å². The fourth-order valence-electron chi connectivity index (χ4n) is 3.25. The molecule has 1 aromatic heterocycles. The largest absolute Gasteiger partial charge is 0.483 e. The summed E-state index contributed by atoms with van der Waals surface area (Å²) in [4.78, 5) is 16.9. The van der Waals surface area contributed by atoms with E-state index < -0.39 is 0 Å². The number of nitrogens with zero attached hydrogens (tertiary/aromatic N) is 2. The van der Waals surface area contributed by atoms with Gasteiger partial charge in [0.25, 0.3) is 11.8 Å². The third-order valence-corrected chi connectivity index (χ3v) is 4.86. The highest BCUT2D eigenvalue weighted by atomic mass is 16.5. The van der Waals surface area contributed by atoms with Crippen molar-refractivity contribution >= 4 is 5.91 Å². The summed E-state index contributed by atoms with van der Waals surface area (Å²) in [6.07, 6.45) is 0. The van der Waals surface area contributed by atoms with Crippen molar-refractivity contribution in [3.63, 3.8) is 0 Å². The van der Waals surface area contributed by atoms with Gasteiger partial charge in [0.1, 0.15) is 5.75 Å².